The molecule has 0 saturated heterocycles. The highest BCUT2D eigenvalue weighted by atomic mass is 16.2. The van der Waals surface area contributed by atoms with Crippen molar-refractivity contribution in [2.75, 3.05) is 6.54 Å². The third-order valence-electron chi connectivity index (χ3n) is 3.68. The van der Waals surface area contributed by atoms with Crippen molar-refractivity contribution in [3.05, 3.63) is 35.4 Å². The summed E-state index contributed by atoms with van der Waals surface area (Å²) in [4.78, 5) is 12.4. The minimum absolute atomic E-state index is 0.0617. The highest BCUT2D eigenvalue weighted by Gasteiger charge is 2.33. The summed E-state index contributed by atoms with van der Waals surface area (Å²) in [5, 5.41) is 6.13. The highest BCUT2D eigenvalue weighted by Crippen LogP contribution is 2.24. The van der Waals surface area contributed by atoms with Gasteiger partial charge in [-0.2, -0.15) is 5.10 Å². The molecule has 1 unspecified atom stereocenters. The SMILES string of the molecule is CCC1=NN(Cc2cccc(C)c2)C(=O)C1CCCN. The number of rotatable bonds is 6. The van der Waals surface area contributed by atoms with Gasteiger partial charge in [-0.05, 0) is 38.3 Å². The molecule has 1 aromatic carbocycles. The second kappa shape index (κ2) is 6.66. The molecule has 4 nitrogen and oxygen atoms in total. The van der Waals surface area contributed by atoms with Crippen molar-refractivity contribution in [2.45, 2.75) is 39.7 Å². The predicted molar refractivity (Wildman–Crippen MR) is 81.2 cm³/mol. The van der Waals surface area contributed by atoms with Gasteiger partial charge >= 0.3 is 0 Å². The lowest BCUT2D eigenvalue weighted by Gasteiger charge is -2.14. The summed E-state index contributed by atoms with van der Waals surface area (Å²) in [6.07, 6.45) is 2.51. The molecule has 0 saturated carbocycles. The van der Waals surface area contributed by atoms with Gasteiger partial charge in [0.05, 0.1) is 18.2 Å². The summed E-state index contributed by atoms with van der Waals surface area (Å²) < 4.78 is 0. The van der Waals surface area contributed by atoms with Gasteiger partial charge in [0.1, 0.15) is 0 Å². The number of nitrogens with two attached hydrogens (primary N) is 1. The first kappa shape index (κ1) is 14.7. The summed E-state index contributed by atoms with van der Waals surface area (Å²) in [6.45, 7) is 5.29. The lowest BCUT2D eigenvalue weighted by Crippen LogP contribution is -2.27. The lowest BCUT2D eigenvalue weighted by molar-refractivity contribution is -0.132. The average molecular weight is 273 g/mol. The first-order valence-electron chi connectivity index (χ1n) is 7.30. The van der Waals surface area contributed by atoms with E-state index in [0.717, 1.165) is 30.5 Å². The average Bonchev–Trinajstić information content (AvgIpc) is 2.73. The second-order valence-electron chi connectivity index (χ2n) is 5.31. The molecule has 20 heavy (non-hydrogen) atoms. The summed E-state index contributed by atoms with van der Waals surface area (Å²) in [6, 6.07) is 8.21. The molecule has 1 amide bonds. The Kier molecular flexibility index (Phi) is 4.90. The van der Waals surface area contributed by atoms with Crippen molar-refractivity contribution in [3.8, 4) is 0 Å². The van der Waals surface area contributed by atoms with Crippen molar-refractivity contribution in [1.29, 1.82) is 0 Å². The van der Waals surface area contributed by atoms with Gasteiger partial charge in [-0.15, -0.1) is 0 Å². The topological polar surface area (TPSA) is 58.7 Å². The molecule has 108 valence electrons. The van der Waals surface area contributed by atoms with Crippen LogP contribution in [-0.4, -0.2) is 23.2 Å². The Morgan fingerprint density at radius 3 is 2.85 bits per heavy atom. The molecule has 4 heteroatoms. The third kappa shape index (κ3) is 3.25. The Morgan fingerprint density at radius 1 is 1.40 bits per heavy atom. The van der Waals surface area contributed by atoms with E-state index in [9.17, 15) is 4.79 Å². The molecular formula is C16H23N3O. The van der Waals surface area contributed by atoms with Crippen LogP contribution >= 0.6 is 0 Å². The first-order chi connectivity index (χ1) is 9.65. The smallest absolute Gasteiger partial charge is 0.251 e. The predicted octanol–water partition coefficient (Wildman–Crippen LogP) is 2.46. The van der Waals surface area contributed by atoms with E-state index in [1.807, 2.05) is 12.1 Å². The number of hydrogen-bond acceptors (Lipinski definition) is 3. The number of amides is 1. The maximum atomic E-state index is 12.4. The fourth-order valence-electron chi connectivity index (χ4n) is 2.62. The lowest BCUT2D eigenvalue weighted by atomic mass is 9.96. The Bertz CT molecular complexity index is 510. The first-order valence-corrected chi connectivity index (χ1v) is 7.30. The monoisotopic (exact) mass is 273 g/mol. The van der Waals surface area contributed by atoms with Gasteiger partial charge in [-0.25, -0.2) is 5.01 Å². The van der Waals surface area contributed by atoms with E-state index in [1.54, 1.807) is 5.01 Å². The Balaban J connectivity index is 2.09. The molecular weight excluding hydrogens is 250 g/mol. The normalized spacial score (nSPS) is 18.6. The van der Waals surface area contributed by atoms with Crippen molar-refractivity contribution in [1.82, 2.24) is 5.01 Å². The fraction of sp³-hybridized carbons (Fsp3) is 0.500. The zero-order chi connectivity index (χ0) is 14.5. The van der Waals surface area contributed by atoms with Crippen LogP contribution in [0.3, 0.4) is 0 Å². The van der Waals surface area contributed by atoms with Crippen LogP contribution in [0.4, 0.5) is 0 Å². The van der Waals surface area contributed by atoms with E-state index in [0.29, 0.717) is 13.1 Å². The third-order valence-corrected chi connectivity index (χ3v) is 3.68. The fourth-order valence-corrected chi connectivity index (χ4v) is 2.62. The van der Waals surface area contributed by atoms with Crippen molar-refractivity contribution >= 4 is 11.6 Å². The second-order valence-corrected chi connectivity index (χ2v) is 5.31. The molecule has 0 radical (unpaired) electrons. The Morgan fingerprint density at radius 2 is 2.20 bits per heavy atom. The molecule has 1 aliphatic rings. The van der Waals surface area contributed by atoms with Crippen molar-refractivity contribution < 1.29 is 4.79 Å². The van der Waals surface area contributed by atoms with Crippen LogP contribution in [0.15, 0.2) is 29.4 Å². The number of nitrogens with zero attached hydrogens (tertiary/aromatic N) is 2. The van der Waals surface area contributed by atoms with E-state index in [1.165, 1.54) is 5.56 Å². The van der Waals surface area contributed by atoms with Crippen molar-refractivity contribution in [2.24, 2.45) is 16.8 Å². The summed E-state index contributed by atoms with van der Waals surface area (Å²) in [5.41, 5.74) is 8.87. The summed E-state index contributed by atoms with van der Waals surface area (Å²) >= 11 is 0. The Labute approximate surface area is 120 Å². The number of carbonyl (C=O) groups is 1. The highest BCUT2D eigenvalue weighted by molar-refractivity contribution is 6.07. The number of hydrogen-bond donors (Lipinski definition) is 1. The largest absolute Gasteiger partial charge is 0.330 e. The van der Waals surface area contributed by atoms with Gasteiger partial charge in [0, 0.05) is 0 Å². The quantitative estimate of drug-likeness (QED) is 0.865. The molecule has 1 heterocycles. The maximum absolute atomic E-state index is 12.4. The van der Waals surface area contributed by atoms with Gasteiger partial charge < -0.3 is 5.73 Å². The van der Waals surface area contributed by atoms with Gasteiger partial charge in [0.2, 0.25) is 0 Å². The van der Waals surface area contributed by atoms with Crippen LogP contribution in [0.1, 0.15) is 37.3 Å². The molecule has 0 aromatic heterocycles. The molecule has 1 aromatic rings. The van der Waals surface area contributed by atoms with E-state index < -0.39 is 0 Å². The van der Waals surface area contributed by atoms with Gasteiger partial charge in [0.15, 0.2) is 0 Å². The van der Waals surface area contributed by atoms with Gasteiger partial charge in [-0.1, -0.05) is 36.8 Å². The van der Waals surface area contributed by atoms with Crippen LogP contribution in [-0.2, 0) is 11.3 Å². The number of carbonyl (C=O) groups excluding carboxylic acids is 1. The minimum atomic E-state index is -0.0617. The van der Waals surface area contributed by atoms with E-state index >= 15 is 0 Å². The molecule has 2 N–H and O–H groups in total. The molecule has 0 bridgehead atoms. The molecule has 1 aliphatic heterocycles. The summed E-state index contributed by atoms with van der Waals surface area (Å²) in [7, 11) is 0. The van der Waals surface area contributed by atoms with Gasteiger partial charge in [-0.3, -0.25) is 4.79 Å². The van der Waals surface area contributed by atoms with Crippen LogP contribution in [0.2, 0.25) is 0 Å². The molecule has 2 rings (SSSR count). The van der Waals surface area contributed by atoms with Crippen LogP contribution in [0.5, 0.6) is 0 Å². The van der Waals surface area contributed by atoms with Gasteiger partial charge in [0.25, 0.3) is 5.91 Å². The van der Waals surface area contributed by atoms with Crippen molar-refractivity contribution in [3.63, 3.8) is 0 Å². The number of hydrazone groups is 1. The summed E-state index contributed by atoms with van der Waals surface area (Å²) in [5.74, 6) is 0.0603. The van der Waals surface area contributed by atoms with E-state index in [-0.39, 0.29) is 11.8 Å². The number of benzene rings is 1. The van der Waals surface area contributed by atoms with Crippen LogP contribution < -0.4 is 5.73 Å². The molecule has 1 atom stereocenters. The Hall–Kier alpha value is -1.68. The molecule has 0 aliphatic carbocycles. The number of aryl methyl sites for hydroxylation is 1. The minimum Gasteiger partial charge on any atom is -0.330 e. The van der Waals surface area contributed by atoms with Crippen LogP contribution in [0.25, 0.3) is 0 Å². The zero-order valence-electron chi connectivity index (χ0n) is 12.3. The maximum Gasteiger partial charge on any atom is 0.251 e. The van der Waals surface area contributed by atoms with E-state index in [2.05, 4.69) is 31.1 Å². The molecule has 0 spiro atoms. The standard InChI is InChI=1S/C16H23N3O/c1-3-15-14(8-5-9-17)16(20)19(18-15)11-13-7-4-6-12(2)10-13/h4,6-7,10,14H,3,5,8-9,11,17H2,1-2H3. The van der Waals surface area contributed by atoms with E-state index in [4.69, 9.17) is 5.73 Å². The molecule has 0 fully saturated rings. The van der Waals surface area contributed by atoms with Crippen LogP contribution in [0, 0.1) is 12.8 Å². The zero-order valence-corrected chi connectivity index (χ0v) is 12.3.